The number of nitrogens with two attached hydrogens (primary N) is 2. The van der Waals surface area contributed by atoms with Crippen LogP contribution in [0.25, 0.3) is 10.9 Å². The van der Waals surface area contributed by atoms with Crippen molar-refractivity contribution < 1.29 is 0 Å². The first kappa shape index (κ1) is 8.31. The van der Waals surface area contributed by atoms with Crippen LogP contribution in [-0.4, -0.2) is 4.98 Å². The quantitative estimate of drug-likeness (QED) is 0.691. The molecule has 3 nitrogen and oxygen atoms in total. The van der Waals surface area contributed by atoms with Crippen molar-refractivity contribution in [2.75, 3.05) is 11.5 Å². The van der Waals surface area contributed by atoms with Crippen LogP contribution in [0.5, 0.6) is 0 Å². The molecule has 1 heterocycles. The maximum Gasteiger partial charge on any atom is 0.0866 e. The molecule has 0 aliphatic heterocycles. The Morgan fingerprint density at radius 1 is 1.31 bits per heavy atom. The van der Waals surface area contributed by atoms with Gasteiger partial charge in [0.15, 0.2) is 0 Å². The molecule has 0 unspecified atom stereocenters. The third-order valence-electron chi connectivity index (χ3n) is 1.92. The van der Waals surface area contributed by atoms with Crippen molar-refractivity contribution in [3.63, 3.8) is 0 Å². The van der Waals surface area contributed by atoms with Crippen molar-refractivity contribution in [2.45, 2.75) is 0 Å². The van der Waals surface area contributed by atoms with Crippen molar-refractivity contribution in [3.05, 3.63) is 28.9 Å². The van der Waals surface area contributed by atoms with Crippen LogP contribution in [0.3, 0.4) is 0 Å². The first-order chi connectivity index (χ1) is 6.20. The molecule has 0 amide bonds. The van der Waals surface area contributed by atoms with Gasteiger partial charge in [0.1, 0.15) is 0 Å². The van der Waals surface area contributed by atoms with Gasteiger partial charge >= 0.3 is 0 Å². The second-order valence-corrected chi connectivity index (χ2v) is 3.62. The topological polar surface area (TPSA) is 64.9 Å². The van der Waals surface area contributed by atoms with Gasteiger partial charge in [-0.15, -0.1) is 0 Å². The summed E-state index contributed by atoms with van der Waals surface area (Å²) in [5.41, 5.74) is 13.5. The first-order valence-corrected chi connectivity index (χ1v) is 4.57. The Balaban J connectivity index is 2.97. The average Bonchev–Trinajstić information content (AvgIpc) is 2.15. The highest BCUT2D eigenvalue weighted by Gasteiger charge is 2.05. The second kappa shape index (κ2) is 2.88. The van der Waals surface area contributed by atoms with Crippen LogP contribution >= 0.6 is 15.9 Å². The summed E-state index contributed by atoms with van der Waals surface area (Å²) in [6, 6.07) is 5.51. The lowest BCUT2D eigenvalue weighted by Crippen LogP contribution is -1.96. The largest absolute Gasteiger partial charge is 0.397 e. The van der Waals surface area contributed by atoms with Gasteiger partial charge in [0.25, 0.3) is 0 Å². The number of aromatic nitrogens is 1. The molecule has 0 saturated heterocycles. The Kier molecular flexibility index (Phi) is 1.84. The highest BCUT2D eigenvalue weighted by atomic mass is 79.9. The predicted molar refractivity (Wildman–Crippen MR) is 58.3 cm³/mol. The number of rotatable bonds is 0. The van der Waals surface area contributed by atoms with E-state index in [0.29, 0.717) is 11.4 Å². The molecule has 0 aliphatic carbocycles. The highest BCUT2D eigenvalue weighted by molar-refractivity contribution is 9.10. The van der Waals surface area contributed by atoms with E-state index in [4.69, 9.17) is 11.5 Å². The SMILES string of the molecule is Nc1cc(Br)c2ncccc2c1N. The molecule has 0 fully saturated rings. The summed E-state index contributed by atoms with van der Waals surface area (Å²) >= 11 is 3.38. The van der Waals surface area contributed by atoms with Crippen molar-refractivity contribution in [3.8, 4) is 0 Å². The standard InChI is InChI=1S/C9H8BrN3/c10-6-4-7(11)8(12)5-2-1-3-13-9(5)6/h1-4H,11-12H2. The Labute approximate surface area is 83.9 Å². The summed E-state index contributed by atoms with van der Waals surface area (Å²) < 4.78 is 0.870. The summed E-state index contributed by atoms with van der Waals surface area (Å²) in [7, 11) is 0. The number of anilines is 2. The molecule has 1 aromatic carbocycles. The summed E-state index contributed by atoms with van der Waals surface area (Å²) in [5.74, 6) is 0. The van der Waals surface area contributed by atoms with Crippen LogP contribution in [0.4, 0.5) is 11.4 Å². The maximum absolute atomic E-state index is 5.80. The number of pyridine rings is 1. The van der Waals surface area contributed by atoms with E-state index in [2.05, 4.69) is 20.9 Å². The first-order valence-electron chi connectivity index (χ1n) is 3.78. The van der Waals surface area contributed by atoms with E-state index in [0.717, 1.165) is 15.4 Å². The van der Waals surface area contributed by atoms with Crippen LogP contribution in [0.15, 0.2) is 28.9 Å². The number of nitrogen functional groups attached to an aromatic ring is 2. The monoisotopic (exact) mass is 237 g/mol. The van der Waals surface area contributed by atoms with E-state index >= 15 is 0 Å². The third-order valence-corrected chi connectivity index (χ3v) is 2.52. The summed E-state index contributed by atoms with van der Waals surface area (Å²) in [6.07, 6.45) is 1.72. The van der Waals surface area contributed by atoms with Crippen molar-refractivity contribution in [2.24, 2.45) is 0 Å². The van der Waals surface area contributed by atoms with E-state index < -0.39 is 0 Å². The zero-order valence-corrected chi connectivity index (χ0v) is 8.38. The molecule has 0 radical (unpaired) electrons. The lowest BCUT2D eigenvalue weighted by molar-refractivity contribution is 1.40. The van der Waals surface area contributed by atoms with Gasteiger partial charge < -0.3 is 11.5 Å². The van der Waals surface area contributed by atoms with E-state index in [1.807, 2.05) is 12.1 Å². The predicted octanol–water partition coefficient (Wildman–Crippen LogP) is 2.16. The van der Waals surface area contributed by atoms with Gasteiger partial charge in [-0.2, -0.15) is 0 Å². The molecule has 0 saturated carbocycles. The molecule has 0 atom stereocenters. The minimum Gasteiger partial charge on any atom is -0.397 e. The maximum atomic E-state index is 5.80. The minimum atomic E-state index is 0.576. The summed E-state index contributed by atoms with van der Waals surface area (Å²) in [6.45, 7) is 0. The molecule has 2 aromatic rings. The van der Waals surface area contributed by atoms with Gasteiger partial charge in [0, 0.05) is 16.1 Å². The summed E-state index contributed by atoms with van der Waals surface area (Å²) in [5, 5.41) is 0.884. The Morgan fingerprint density at radius 2 is 2.08 bits per heavy atom. The van der Waals surface area contributed by atoms with Crippen LogP contribution in [0.1, 0.15) is 0 Å². The fourth-order valence-electron chi connectivity index (χ4n) is 1.25. The van der Waals surface area contributed by atoms with Gasteiger partial charge in [0.05, 0.1) is 16.9 Å². The second-order valence-electron chi connectivity index (χ2n) is 2.76. The molecule has 13 heavy (non-hydrogen) atoms. The van der Waals surface area contributed by atoms with Crippen LogP contribution in [-0.2, 0) is 0 Å². The van der Waals surface area contributed by atoms with E-state index in [1.54, 1.807) is 12.3 Å². The molecule has 0 aliphatic rings. The third kappa shape index (κ3) is 1.23. The number of halogens is 1. The molecule has 66 valence electrons. The zero-order chi connectivity index (χ0) is 9.42. The molecular formula is C9H8BrN3. The van der Waals surface area contributed by atoms with E-state index in [1.165, 1.54) is 0 Å². The fraction of sp³-hybridized carbons (Fsp3) is 0. The van der Waals surface area contributed by atoms with Gasteiger partial charge in [0.2, 0.25) is 0 Å². The van der Waals surface area contributed by atoms with Crippen molar-refractivity contribution in [1.29, 1.82) is 0 Å². The van der Waals surface area contributed by atoms with Gasteiger partial charge in [-0.1, -0.05) is 0 Å². The number of hydrogen-bond donors (Lipinski definition) is 2. The molecule has 1 aromatic heterocycles. The minimum absolute atomic E-state index is 0.576. The molecule has 0 bridgehead atoms. The Bertz CT molecular complexity index is 468. The lowest BCUT2D eigenvalue weighted by Gasteiger charge is -2.05. The van der Waals surface area contributed by atoms with Crippen LogP contribution in [0.2, 0.25) is 0 Å². The normalized spacial score (nSPS) is 10.5. The van der Waals surface area contributed by atoms with Crippen molar-refractivity contribution in [1.82, 2.24) is 4.98 Å². The molecule has 4 N–H and O–H groups in total. The van der Waals surface area contributed by atoms with Gasteiger partial charge in [-0.05, 0) is 34.1 Å². The zero-order valence-electron chi connectivity index (χ0n) is 6.79. The van der Waals surface area contributed by atoms with Crippen molar-refractivity contribution >= 4 is 38.2 Å². The number of fused-ring (bicyclic) bond motifs is 1. The fourth-order valence-corrected chi connectivity index (χ4v) is 1.81. The Hall–Kier alpha value is -1.29. The van der Waals surface area contributed by atoms with Crippen LogP contribution < -0.4 is 11.5 Å². The summed E-state index contributed by atoms with van der Waals surface area (Å²) in [4.78, 5) is 4.20. The number of hydrogen-bond acceptors (Lipinski definition) is 3. The average molecular weight is 238 g/mol. The highest BCUT2D eigenvalue weighted by Crippen LogP contribution is 2.31. The Morgan fingerprint density at radius 3 is 2.85 bits per heavy atom. The smallest absolute Gasteiger partial charge is 0.0866 e. The van der Waals surface area contributed by atoms with Gasteiger partial charge in [-0.3, -0.25) is 4.98 Å². The van der Waals surface area contributed by atoms with E-state index in [9.17, 15) is 0 Å². The molecule has 4 heteroatoms. The number of benzene rings is 1. The molecule has 2 rings (SSSR count). The molecule has 0 spiro atoms. The van der Waals surface area contributed by atoms with Crippen LogP contribution in [0, 0.1) is 0 Å². The molecular weight excluding hydrogens is 230 g/mol. The lowest BCUT2D eigenvalue weighted by atomic mass is 10.1. The number of nitrogens with zero attached hydrogens (tertiary/aromatic N) is 1. The van der Waals surface area contributed by atoms with E-state index in [-0.39, 0.29) is 0 Å². The van der Waals surface area contributed by atoms with Gasteiger partial charge in [-0.25, -0.2) is 0 Å².